The van der Waals surface area contributed by atoms with E-state index in [1.165, 1.54) is 0 Å². The molecule has 0 radical (unpaired) electrons. The molecule has 0 bridgehead atoms. The van der Waals surface area contributed by atoms with Crippen LogP contribution in [-0.4, -0.2) is 16.0 Å². The third kappa shape index (κ3) is 3.38. The van der Waals surface area contributed by atoms with E-state index in [1.54, 1.807) is 24.3 Å². The van der Waals surface area contributed by atoms with Gasteiger partial charge in [0.15, 0.2) is 0 Å². The lowest BCUT2D eigenvalue weighted by Crippen LogP contribution is -2.07. The van der Waals surface area contributed by atoms with Gasteiger partial charge in [0.05, 0.1) is 0 Å². The van der Waals surface area contributed by atoms with Gasteiger partial charge in [0, 0.05) is 24.0 Å². The minimum atomic E-state index is -0.0386. The molecule has 3 nitrogen and oxygen atoms in total. The number of phenols is 2. The predicted octanol–water partition coefficient (Wildman–Crippen LogP) is 3.07. The quantitative estimate of drug-likeness (QED) is 0.897. The highest BCUT2D eigenvalue weighted by molar-refractivity contribution is 5.84. The molecular formula is C17H18O3. The molecule has 2 aromatic rings. The van der Waals surface area contributed by atoms with Crippen LogP contribution in [0.25, 0.3) is 0 Å². The summed E-state index contributed by atoms with van der Waals surface area (Å²) in [6.45, 7) is 3.77. The average Bonchev–Trinajstić information content (AvgIpc) is 2.36. The summed E-state index contributed by atoms with van der Waals surface area (Å²) in [7, 11) is 0. The Labute approximate surface area is 118 Å². The van der Waals surface area contributed by atoms with E-state index >= 15 is 0 Å². The first-order chi connectivity index (χ1) is 9.45. The lowest BCUT2D eigenvalue weighted by molar-refractivity contribution is -0.117. The third-order valence-corrected chi connectivity index (χ3v) is 3.26. The molecule has 20 heavy (non-hydrogen) atoms. The van der Waals surface area contributed by atoms with Crippen molar-refractivity contribution in [2.45, 2.75) is 26.7 Å². The molecule has 104 valence electrons. The van der Waals surface area contributed by atoms with Gasteiger partial charge in [0.2, 0.25) is 0 Å². The van der Waals surface area contributed by atoms with Crippen molar-refractivity contribution >= 4 is 5.78 Å². The lowest BCUT2D eigenvalue weighted by Gasteiger charge is -2.07. The molecule has 0 unspecified atom stereocenters. The van der Waals surface area contributed by atoms with E-state index in [1.807, 2.05) is 26.0 Å². The standard InChI is InChI=1S/C17H18O3/c1-11-3-5-13(16(19)7-11)9-15(18)10-14-6-4-12(2)8-17(14)20/h3-8,19-20H,9-10H2,1-2H3. The van der Waals surface area contributed by atoms with Crippen LogP contribution in [0.15, 0.2) is 36.4 Å². The number of ketones is 1. The van der Waals surface area contributed by atoms with Crippen LogP contribution in [-0.2, 0) is 17.6 Å². The van der Waals surface area contributed by atoms with Crippen LogP contribution < -0.4 is 0 Å². The maximum Gasteiger partial charge on any atom is 0.141 e. The smallest absolute Gasteiger partial charge is 0.141 e. The summed E-state index contributed by atoms with van der Waals surface area (Å²) in [5.74, 6) is 0.251. The molecule has 0 aromatic heterocycles. The number of aromatic hydroxyl groups is 2. The summed E-state index contributed by atoms with van der Waals surface area (Å²) >= 11 is 0. The molecule has 0 amide bonds. The fraction of sp³-hybridized carbons (Fsp3) is 0.235. The average molecular weight is 270 g/mol. The van der Waals surface area contributed by atoms with E-state index in [0.717, 1.165) is 11.1 Å². The molecule has 0 atom stereocenters. The Morgan fingerprint density at radius 2 is 1.25 bits per heavy atom. The van der Waals surface area contributed by atoms with Crippen molar-refractivity contribution in [3.05, 3.63) is 58.7 Å². The summed E-state index contributed by atoms with van der Waals surface area (Å²) in [6.07, 6.45) is 0.332. The number of rotatable bonds is 4. The van der Waals surface area contributed by atoms with E-state index < -0.39 is 0 Å². The second kappa shape index (κ2) is 5.78. The Morgan fingerprint density at radius 3 is 1.60 bits per heavy atom. The van der Waals surface area contributed by atoms with E-state index in [9.17, 15) is 15.0 Å². The van der Waals surface area contributed by atoms with Gasteiger partial charge in [0.1, 0.15) is 17.3 Å². The minimum absolute atomic E-state index is 0.0386. The summed E-state index contributed by atoms with van der Waals surface area (Å²) in [6, 6.07) is 10.5. The maximum atomic E-state index is 12.0. The predicted molar refractivity (Wildman–Crippen MR) is 78.1 cm³/mol. The normalized spacial score (nSPS) is 10.5. The molecule has 2 aromatic carbocycles. The summed E-state index contributed by atoms with van der Waals surface area (Å²) in [5.41, 5.74) is 3.14. The van der Waals surface area contributed by atoms with Crippen molar-refractivity contribution in [1.82, 2.24) is 0 Å². The Balaban J connectivity index is 2.09. The lowest BCUT2D eigenvalue weighted by atomic mass is 10.00. The van der Waals surface area contributed by atoms with Crippen LogP contribution in [0.1, 0.15) is 22.3 Å². The number of hydrogen-bond acceptors (Lipinski definition) is 3. The number of phenolic OH excluding ortho intramolecular Hbond substituents is 2. The SMILES string of the molecule is Cc1ccc(CC(=O)Cc2ccc(C)cc2O)c(O)c1. The van der Waals surface area contributed by atoms with Gasteiger partial charge in [-0.25, -0.2) is 0 Å². The minimum Gasteiger partial charge on any atom is -0.508 e. The van der Waals surface area contributed by atoms with Gasteiger partial charge in [-0.05, 0) is 37.1 Å². The van der Waals surface area contributed by atoms with Crippen LogP contribution in [0, 0.1) is 13.8 Å². The van der Waals surface area contributed by atoms with E-state index in [0.29, 0.717) is 11.1 Å². The molecule has 0 saturated heterocycles. The highest BCUT2D eigenvalue weighted by Gasteiger charge is 2.11. The zero-order valence-electron chi connectivity index (χ0n) is 11.7. The Morgan fingerprint density at radius 1 is 0.850 bits per heavy atom. The number of carbonyl (C=O) groups excluding carboxylic acids is 1. The molecule has 0 spiro atoms. The molecule has 0 aliphatic heterocycles. The molecule has 3 heteroatoms. The first-order valence-corrected chi connectivity index (χ1v) is 6.54. The highest BCUT2D eigenvalue weighted by atomic mass is 16.3. The fourth-order valence-electron chi connectivity index (χ4n) is 2.13. The first-order valence-electron chi connectivity index (χ1n) is 6.54. The molecule has 0 aliphatic carbocycles. The third-order valence-electron chi connectivity index (χ3n) is 3.26. The van der Waals surface area contributed by atoms with E-state index in [4.69, 9.17) is 0 Å². The molecule has 0 fully saturated rings. The number of aryl methyl sites for hydroxylation is 2. The molecule has 0 heterocycles. The number of Topliss-reactive ketones (excluding diaryl/α,β-unsaturated/α-hetero) is 1. The summed E-state index contributed by atoms with van der Waals surface area (Å²) in [4.78, 5) is 12.0. The van der Waals surface area contributed by atoms with Crippen molar-refractivity contribution < 1.29 is 15.0 Å². The van der Waals surface area contributed by atoms with Gasteiger partial charge in [-0.2, -0.15) is 0 Å². The monoisotopic (exact) mass is 270 g/mol. The van der Waals surface area contributed by atoms with Gasteiger partial charge in [0.25, 0.3) is 0 Å². The van der Waals surface area contributed by atoms with Crippen molar-refractivity contribution in [3.8, 4) is 11.5 Å². The largest absolute Gasteiger partial charge is 0.508 e. The van der Waals surface area contributed by atoms with E-state index in [-0.39, 0.29) is 30.1 Å². The topological polar surface area (TPSA) is 57.5 Å². The Bertz CT molecular complexity index is 589. The second-order valence-corrected chi connectivity index (χ2v) is 5.16. The Kier molecular flexibility index (Phi) is 4.08. The number of benzene rings is 2. The number of carbonyl (C=O) groups is 1. The number of hydrogen-bond donors (Lipinski definition) is 2. The van der Waals surface area contributed by atoms with Crippen LogP contribution >= 0.6 is 0 Å². The van der Waals surface area contributed by atoms with Crippen LogP contribution in [0.3, 0.4) is 0 Å². The van der Waals surface area contributed by atoms with Gasteiger partial charge < -0.3 is 10.2 Å². The Hall–Kier alpha value is -2.29. The van der Waals surface area contributed by atoms with Crippen molar-refractivity contribution in [2.24, 2.45) is 0 Å². The van der Waals surface area contributed by atoms with Gasteiger partial charge in [-0.15, -0.1) is 0 Å². The highest BCUT2D eigenvalue weighted by Crippen LogP contribution is 2.22. The molecule has 0 saturated carbocycles. The first kappa shape index (κ1) is 14.1. The maximum absolute atomic E-state index is 12.0. The summed E-state index contributed by atoms with van der Waals surface area (Å²) < 4.78 is 0. The zero-order chi connectivity index (χ0) is 14.7. The van der Waals surface area contributed by atoms with Crippen LogP contribution in [0.4, 0.5) is 0 Å². The zero-order valence-corrected chi connectivity index (χ0v) is 11.7. The molecular weight excluding hydrogens is 252 g/mol. The van der Waals surface area contributed by atoms with E-state index in [2.05, 4.69) is 0 Å². The summed E-state index contributed by atoms with van der Waals surface area (Å²) in [5, 5.41) is 19.6. The van der Waals surface area contributed by atoms with Crippen LogP contribution in [0.2, 0.25) is 0 Å². The second-order valence-electron chi connectivity index (χ2n) is 5.16. The van der Waals surface area contributed by atoms with Crippen molar-refractivity contribution in [1.29, 1.82) is 0 Å². The van der Waals surface area contributed by atoms with Crippen molar-refractivity contribution in [3.63, 3.8) is 0 Å². The molecule has 2 rings (SSSR count). The fourth-order valence-corrected chi connectivity index (χ4v) is 2.13. The van der Waals surface area contributed by atoms with Crippen molar-refractivity contribution in [2.75, 3.05) is 0 Å². The van der Waals surface area contributed by atoms with Gasteiger partial charge in [-0.1, -0.05) is 24.3 Å². The molecule has 0 aliphatic rings. The molecule has 2 N–H and O–H groups in total. The van der Waals surface area contributed by atoms with Gasteiger partial charge >= 0.3 is 0 Å². The van der Waals surface area contributed by atoms with Crippen LogP contribution in [0.5, 0.6) is 11.5 Å². The van der Waals surface area contributed by atoms with Gasteiger partial charge in [-0.3, -0.25) is 4.79 Å².